The Morgan fingerprint density at radius 2 is 1.70 bits per heavy atom. The van der Waals surface area contributed by atoms with E-state index < -0.39 is 27.2 Å². The molecule has 8 nitrogen and oxygen atoms in total. The molecule has 0 bridgehead atoms. The molecule has 108 valence electrons. The van der Waals surface area contributed by atoms with Crippen LogP contribution in [0.2, 0.25) is 0 Å². The van der Waals surface area contributed by atoms with Crippen LogP contribution in [0.4, 0.5) is 11.4 Å². The van der Waals surface area contributed by atoms with Gasteiger partial charge >= 0.3 is 5.97 Å². The van der Waals surface area contributed by atoms with Gasteiger partial charge in [-0.3, -0.25) is 20.2 Å². The molecule has 0 spiro atoms. The average Bonchev–Trinajstić information content (AvgIpc) is 2.43. The Balaban J connectivity index is 3.01. The van der Waals surface area contributed by atoms with E-state index in [1.54, 1.807) is 0 Å². The van der Waals surface area contributed by atoms with E-state index in [4.69, 9.17) is 4.74 Å². The van der Waals surface area contributed by atoms with Gasteiger partial charge in [-0.15, -0.1) is 0 Å². The van der Waals surface area contributed by atoms with E-state index in [-0.39, 0.29) is 18.1 Å². The molecule has 0 saturated heterocycles. The fourth-order valence-electron chi connectivity index (χ4n) is 1.34. The number of hydrogen-bond donors (Lipinski definition) is 0. The summed E-state index contributed by atoms with van der Waals surface area (Å²) in [6.45, 7) is 3.96. The first-order chi connectivity index (χ1) is 9.35. The predicted molar refractivity (Wildman–Crippen MR) is 69.5 cm³/mol. The molecule has 0 aliphatic carbocycles. The molecule has 0 fully saturated rings. The van der Waals surface area contributed by atoms with Gasteiger partial charge in [0.2, 0.25) is 0 Å². The van der Waals surface area contributed by atoms with Crippen LogP contribution in [0, 0.1) is 26.1 Å². The first kappa shape index (κ1) is 15.5. The third-order valence-electron chi connectivity index (χ3n) is 2.76. The number of ether oxygens (including phenoxy) is 1. The van der Waals surface area contributed by atoms with Crippen molar-refractivity contribution in [1.82, 2.24) is 0 Å². The molecule has 0 aliphatic rings. The molecule has 1 rings (SSSR count). The molecule has 1 atom stereocenters. The first-order valence-corrected chi connectivity index (χ1v) is 5.96. The van der Waals surface area contributed by atoms with Gasteiger partial charge in [0.15, 0.2) is 0 Å². The highest BCUT2D eigenvalue weighted by atomic mass is 16.6. The van der Waals surface area contributed by atoms with Crippen molar-refractivity contribution in [3.63, 3.8) is 0 Å². The number of nitro groups is 2. The van der Waals surface area contributed by atoms with E-state index in [2.05, 4.69) is 0 Å². The first-order valence-electron chi connectivity index (χ1n) is 5.96. The largest absolute Gasteiger partial charge is 0.462 e. The topological polar surface area (TPSA) is 113 Å². The van der Waals surface area contributed by atoms with Gasteiger partial charge < -0.3 is 4.74 Å². The highest BCUT2D eigenvalue weighted by Crippen LogP contribution is 2.23. The smallest absolute Gasteiger partial charge is 0.338 e. The summed E-state index contributed by atoms with van der Waals surface area (Å²) >= 11 is 0. The second-order valence-electron chi connectivity index (χ2n) is 4.36. The lowest BCUT2D eigenvalue weighted by molar-refractivity contribution is -0.394. The molecule has 0 N–H and O–H groups in total. The highest BCUT2D eigenvalue weighted by Gasteiger charge is 2.20. The normalized spacial score (nSPS) is 11.7. The van der Waals surface area contributed by atoms with Crippen LogP contribution in [0.25, 0.3) is 0 Å². The van der Waals surface area contributed by atoms with Crippen molar-refractivity contribution in [2.45, 2.75) is 20.3 Å². The van der Waals surface area contributed by atoms with Crippen molar-refractivity contribution >= 4 is 17.3 Å². The third-order valence-corrected chi connectivity index (χ3v) is 2.76. The Morgan fingerprint density at radius 1 is 1.20 bits per heavy atom. The van der Waals surface area contributed by atoms with Crippen LogP contribution in [-0.2, 0) is 4.74 Å². The number of benzene rings is 1. The Kier molecular flexibility index (Phi) is 5.13. The lowest BCUT2D eigenvalue weighted by Gasteiger charge is -2.09. The summed E-state index contributed by atoms with van der Waals surface area (Å²) in [5, 5.41) is 21.4. The zero-order valence-corrected chi connectivity index (χ0v) is 11.1. The van der Waals surface area contributed by atoms with Gasteiger partial charge in [-0.05, 0) is 5.92 Å². The molecule has 0 aromatic heterocycles. The number of carbonyl (C=O) groups is 1. The summed E-state index contributed by atoms with van der Waals surface area (Å²) in [5.41, 5.74) is -1.24. The lowest BCUT2D eigenvalue weighted by atomic mass is 10.1. The van der Waals surface area contributed by atoms with Gasteiger partial charge in [0.05, 0.1) is 28.1 Å². The molecular weight excluding hydrogens is 268 g/mol. The van der Waals surface area contributed by atoms with Crippen molar-refractivity contribution in [1.29, 1.82) is 0 Å². The molecule has 20 heavy (non-hydrogen) atoms. The fraction of sp³-hybridized carbons (Fsp3) is 0.417. The molecule has 1 aromatic rings. The number of non-ortho nitro benzene ring substituents is 2. The van der Waals surface area contributed by atoms with Crippen LogP contribution in [0.3, 0.4) is 0 Å². The maximum atomic E-state index is 11.7. The van der Waals surface area contributed by atoms with Crippen LogP contribution in [0.5, 0.6) is 0 Å². The Hall–Kier alpha value is -2.51. The zero-order chi connectivity index (χ0) is 15.3. The monoisotopic (exact) mass is 282 g/mol. The predicted octanol–water partition coefficient (Wildman–Crippen LogP) is 2.71. The number of nitrogens with zero attached hydrogens (tertiary/aromatic N) is 2. The number of esters is 1. The molecule has 0 aliphatic heterocycles. The molecule has 1 aromatic carbocycles. The average molecular weight is 282 g/mol. The van der Waals surface area contributed by atoms with E-state index in [1.807, 2.05) is 13.8 Å². The van der Waals surface area contributed by atoms with E-state index in [0.717, 1.165) is 24.6 Å². The molecule has 0 radical (unpaired) electrons. The summed E-state index contributed by atoms with van der Waals surface area (Å²) in [5.74, 6) is -0.662. The van der Waals surface area contributed by atoms with Crippen LogP contribution in [0.15, 0.2) is 18.2 Å². The summed E-state index contributed by atoms with van der Waals surface area (Å²) in [4.78, 5) is 31.5. The highest BCUT2D eigenvalue weighted by molar-refractivity contribution is 5.91. The SMILES string of the molecule is CCC(C)COC(=O)c1cc([N+](=O)[O-])cc([N+](=O)[O-])c1. The maximum absolute atomic E-state index is 11.7. The number of carbonyl (C=O) groups excluding carboxylic acids is 1. The van der Waals surface area contributed by atoms with Crippen molar-refractivity contribution in [3.8, 4) is 0 Å². The quantitative estimate of drug-likeness (QED) is 0.450. The second kappa shape index (κ2) is 6.60. The Morgan fingerprint density at radius 3 is 2.10 bits per heavy atom. The van der Waals surface area contributed by atoms with E-state index in [9.17, 15) is 25.0 Å². The summed E-state index contributed by atoms with van der Waals surface area (Å²) in [6, 6.07) is 2.73. The van der Waals surface area contributed by atoms with Crippen molar-refractivity contribution in [2.75, 3.05) is 6.61 Å². The molecule has 0 heterocycles. The number of rotatable bonds is 6. The fourth-order valence-corrected chi connectivity index (χ4v) is 1.34. The maximum Gasteiger partial charge on any atom is 0.338 e. The minimum absolute atomic E-state index is 0.146. The number of hydrogen-bond acceptors (Lipinski definition) is 6. The summed E-state index contributed by atoms with van der Waals surface area (Å²) in [6.07, 6.45) is 0.808. The van der Waals surface area contributed by atoms with E-state index in [1.165, 1.54) is 0 Å². The lowest BCUT2D eigenvalue weighted by Crippen LogP contribution is -2.12. The minimum Gasteiger partial charge on any atom is -0.462 e. The van der Waals surface area contributed by atoms with Gasteiger partial charge in [-0.2, -0.15) is 0 Å². The molecular formula is C12H14N2O6. The summed E-state index contributed by atoms with van der Waals surface area (Å²) in [7, 11) is 0. The van der Waals surface area contributed by atoms with Crippen molar-refractivity contribution < 1.29 is 19.4 Å². The third kappa shape index (κ3) is 4.01. The van der Waals surface area contributed by atoms with Crippen LogP contribution < -0.4 is 0 Å². The van der Waals surface area contributed by atoms with Crippen LogP contribution >= 0.6 is 0 Å². The van der Waals surface area contributed by atoms with Gasteiger partial charge in [0, 0.05) is 12.1 Å². The van der Waals surface area contributed by atoms with Crippen LogP contribution in [0.1, 0.15) is 30.6 Å². The van der Waals surface area contributed by atoms with Crippen LogP contribution in [-0.4, -0.2) is 22.4 Å². The Labute approximate surface area is 114 Å². The minimum atomic E-state index is -0.808. The second-order valence-corrected chi connectivity index (χ2v) is 4.36. The number of nitro benzene ring substituents is 2. The van der Waals surface area contributed by atoms with Gasteiger partial charge in [0.25, 0.3) is 11.4 Å². The van der Waals surface area contributed by atoms with Crippen molar-refractivity contribution in [3.05, 3.63) is 44.0 Å². The Bertz CT molecular complexity index is 510. The molecule has 0 amide bonds. The van der Waals surface area contributed by atoms with Gasteiger partial charge in [0.1, 0.15) is 0 Å². The zero-order valence-electron chi connectivity index (χ0n) is 11.1. The molecule has 1 unspecified atom stereocenters. The standard InChI is InChI=1S/C12H14N2O6/c1-3-8(2)7-20-12(15)9-4-10(13(16)17)6-11(5-9)14(18)19/h4-6,8H,3,7H2,1-2H3. The molecule has 0 saturated carbocycles. The van der Waals surface area contributed by atoms with E-state index >= 15 is 0 Å². The van der Waals surface area contributed by atoms with Gasteiger partial charge in [-0.25, -0.2) is 4.79 Å². The van der Waals surface area contributed by atoms with E-state index in [0.29, 0.717) is 0 Å². The summed E-state index contributed by atoms with van der Waals surface area (Å²) < 4.78 is 4.97. The molecule has 8 heteroatoms. The van der Waals surface area contributed by atoms with Gasteiger partial charge in [-0.1, -0.05) is 20.3 Å². The van der Waals surface area contributed by atoms with Crippen molar-refractivity contribution in [2.24, 2.45) is 5.92 Å².